The average Bonchev–Trinajstić information content (AvgIpc) is 3.87. The minimum Gasteiger partial charge on any atom is -0.355 e. The van der Waals surface area contributed by atoms with Crippen molar-refractivity contribution in [2.75, 3.05) is 26.2 Å². The van der Waals surface area contributed by atoms with Crippen molar-refractivity contribution in [2.45, 2.75) is 58.7 Å². The van der Waals surface area contributed by atoms with Gasteiger partial charge in [0.15, 0.2) is 5.96 Å². The maximum absolute atomic E-state index is 13.7. The van der Waals surface area contributed by atoms with E-state index in [1.807, 2.05) is 17.3 Å². The number of nitrogens with zero attached hydrogens (tertiary/aromatic N) is 4. The van der Waals surface area contributed by atoms with Gasteiger partial charge in [0.25, 0.3) is 0 Å². The number of hydrogen-bond acceptors (Lipinski definition) is 7. The number of aliphatic imine (C=N–C) groups is 1. The molecule has 2 unspecified atom stereocenters. The van der Waals surface area contributed by atoms with Gasteiger partial charge in [0.05, 0.1) is 42.9 Å². The second-order valence-corrected chi connectivity index (χ2v) is 12.0. The molecule has 4 aromatic rings. The van der Waals surface area contributed by atoms with Gasteiger partial charge in [-0.3, -0.25) is 9.79 Å². The van der Waals surface area contributed by atoms with Crippen LogP contribution in [0.1, 0.15) is 57.7 Å². The summed E-state index contributed by atoms with van der Waals surface area (Å²) in [6.45, 7) is 10.3. The number of carbonyl (C=O) groups is 1. The smallest absolute Gasteiger partial charge is 0.246 e. The van der Waals surface area contributed by atoms with Crippen LogP contribution in [0.4, 0.5) is 0 Å². The molecule has 2 aliphatic rings. The zero-order valence-corrected chi connectivity index (χ0v) is 25.9. The molecule has 1 fully saturated rings. The summed E-state index contributed by atoms with van der Waals surface area (Å²) in [5.74, 6) is 2.74. The van der Waals surface area contributed by atoms with E-state index in [0.717, 1.165) is 103 Å². The highest BCUT2D eigenvalue weighted by Crippen LogP contribution is 2.33. The number of rotatable bonds is 11. The van der Waals surface area contributed by atoms with Crippen molar-refractivity contribution < 1.29 is 4.79 Å². The van der Waals surface area contributed by atoms with Crippen LogP contribution in [-0.4, -0.2) is 68.9 Å². The van der Waals surface area contributed by atoms with E-state index < -0.39 is 0 Å². The normalized spacial score (nSPS) is 17.1. The number of nitrogens with one attached hydrogen (secondary N) is 5. The van der Waals surface area contributed by atoms with Crippen LogP contribution >= 0.6 is 0 Å². The highest BCUT2D eigenvalue weighted by atomic mass is 16.2. The molecule has 0 radical (unpaired) electrons. The highest BCUT2D eigenvalue weighted by molar-refractivity contribution is 5.90. The van der Waals surface area contributed by atoms with Gasteiger partial charge in [-0.05, 0) is 54.0 Å². The molecule has 44 heavy (non-hydrogen) atoms. The lowest BCUT2D eigenvalue weighted by molar-refractivity contribution is -0.135. The van der Waals surface area contributed by atoms with E-state index in [4.69, 9.17) is 4.98 Å². The quantitative estimate of drug-likeness (QED) is 0.158. The molecule has 2 aromatic heterocycles. The molecule has 0 spiro atoms. The molecule has 10 nitrogen and oxygen atoms in total. The second-order valence-electron chi connectivity index (χ2n) is 12.0. The summed E-state index contributed by atoms with van der Waals surface area (Å²) in [6.07, 6.45) is 6.74. The maximum Gasteiger partial charge on any atom is 0.246 e. The molecule has 2 atom stereocenters. The molecule has 6 rings (SSSR count). The van der Waals surface area contributed by atoms with Crippen molar-refractivity contribution in [3.05, 3.63) is 72.6 Å². The van der Waals surface area contributed by atoms with Gasteiger partial charge in [0, 0.05) is 13.1 Å². The van der Waals surface area contributed by atoms with Crippen molar-refractivity contribution >= 4 is 11.9 Å². The van der Waals surface area contributed by atoms with Crippen molar-refractivity contribution in [1.82, 2.24) is 40.8 Å². The topological polar surface area (TPSA) is 126 Å². The Balaban J connectivity index is 1.11. The largest absolute Gasteiger partial charge is 0.355 e. The molecule has 2 aliphatic heterocycles. The fourth-order valence-corrected chi connectivity index (χ4v) is 5.97. The summed E-state index contributed by atoms with van der Waals surface area (Å²) in [5, 5.41) is 9.95. The predicted octanol–water partition coefficient (Wildman–Crippen LogP) is 4.87. The van der Waals surface area contributed by atoms with Crippen molar-refractivity contribution in [1.29, 1.82) is 0 Å². The van der Waals surface area contributed by atoms with Crippen LogP contribution in [0, 0.1) is 5.92 Å². The lowest BCUT2D eigenvalue weighted by Crippen LogP contribution is -2.53. The van der Waals surface area contributed by atoms with Crippen LogP contribution < -0.4 is 16.0 Å². The Morgan fingerprint density at radius 1 is 0.955 bits per heavy atom. The van der Waals surface area contributed by atoms with Crippen molar-refractivity contribution in [2.24, 2.45) is 10.9 Å². The van der Waals surface area contributed by atoms with E-state index in [1.165, 1.54) is 0 Å². The minimum atomic E-state index is -0.333. The summed E-state index contributed by atoms with van der Waals surface area (Å²) >= 11 is 0. The molecule has 10 heteroatoms. The summed E-state index contributed by atoms with van der Waals surface area (Å²) in [7, 11) is 0. The minimum absolute atomic E-state index is 0.0610. The summed E-state index contributed by atoms with van der Waals surface area (Å²) in [4.78, 5) is 36.3. The van der Waals surface area contributed by atoms with E-state index in [2.05, 4.69) is 105 Å². The van der Waals surface area contributed by atoms with E-state index >= 15 is 0 Å². The Morgan fingerprint density at radius 2 is 1.61 bits per heavy atom. The number of guanidine groups is 1. The molecule has 1 saturated heterocycles. The van der Waals surface area contributed by atoms with Gasteiger partial charge in [0.2, 0.25) is 5.91 Å². The molecule has 230 valence electrons. The molecule has 1 amide bonds. The van der Waals surface area contributed by atoms with Crippen molar-refractivity contribution in [3.8, 4) is 33.6 Å². The van der Waals surface area contributed by atoms with Crippen LogP contribution in [-0.2, 0) is 11.3 Å². The number of aromatic amines is 2. The third-order valence-corrected chi connectivity index (χ3v) is 8.42. The first kappa shape index (κ1) is 29.6. The molecule has 0 aliphatic carbocycles. The summed E-state index contributed by atoms with van der Waals surface area (Å²) in [6, 6.07) is 16.7. The molecule has 0 saturated carbocycles. The lowest BCUT2D eigenvalue weighted by atomic mass is 10.0. The van der Waals surface area contributed by atoms with E-state index in [-0.39, 0.29) is 23.9 Å². The van der Waals surface area contributed by atoms with Gasteiger partial charge in [-0.2, -0.15) is 0 Å². The Morgan fingerprint density at radius 3 is 2.25 bits per heavy atom. The van der Waals surface area contributed by atoms with Crippen LogP contribution in [0.2, 0.25) is 0 Å². The third-order valence-electron chi connectivity index (χ3n) is 8.42. The first-order valence-corrected chi connectivity index (χ1v) is 15.9. The van der Waals surface area contributed by atoms with Crippen molar-refractivity contribution in [3.63, 3.8) is 0 Å². The molecule has 0 bridgehead atoms. The SMILES string of the molecule is CCCNCc1ncc(-c2ccc(-c3ccc(-c4cnc(C5CCCN5C(=O)C(NC5=NCCN5)C(C)C)[nH]4)cc3)cc2)[nH]1. The Kier molecular flexibility index (Phi) is 9.07. The number of likely N-dealkylation sites (tertiary alicyclic amines) is 1. The summed E-state index contributed by atoms with van der Waals surface area (Å²) < 4.78 is 0. The Labute approximate surface area is 259 Å². The van der Waals surface area contributed by atoms with Crippen LogP contribution in [0.5, 0.6) is 0 Å². The fourth-order valence-electron chi connectivity index (χ4n) is 5.97. The zero-order valence-electron chi connectivity index (χ0n) is 25.9. The standard InChI is InChI=1S/C34H43N9O/c1-4-15-35-21-30-38-19-27(40-30)25-11-7-23(8-12-25)24-9-13-26(14-10-24)28-20-39-32(41-28)29-6-5-18-43(29)33(44)31(22(2)3)42-34-36-16-17-37-34/h7-14,19-20,22,29,31,35H,4-6,15-18,21H2,1-3H3,(H,38,40)(H,39,41)(H2,36,37,42). The number of aromatic nitrogens is 4. The lowest BCUT2D eigenvalue weighted by Gasteiger charge is -2.30. The number of hydrogen-bond donors (Lipinski definition) is 5. The number of benzene rings is 2. The molecule has 5 N–H and O–H groups in total. The summed E-state index contributed by atoms with van der Waals surface area (Å²) in [5.41, 5.74) is 6.45. The first-order chi connectivity index (χ1) is 21.5. The average molecular weight is 594 g/mol. The second kappa shape index (κ2) is 13.5. The van der Waals surface area contributed by atoms with Gasteiger partial charge < -0.3 is 30.8 Å². The van der Waals surface area contributed by atoms with Gasteiger partial charge in [-0.15, -0.1) is 0 Å². The number of carbonyl (C=O) groups excluding carboxylic acids is 1. The van der Waals surface area contributed by atoms with E-state index in [9.17, 15) is 4.79 Å². The monoisotopic (exact) mass is 593 g/mol. The van der Waals surface area contributed by atoms with Crippen LogP contribution in [0.25, 0.3) is 33.6 Å². The molecular formula is C34H43N9O. The fraction of sp³-hybridized carbons (Fsp3) is 0.412. The molecule has 2 aromatic carbocycles. The molecule has 4 heterocycles. The predicted molar refractivity (Wildman–Crippen MR) is 175 cm³/mol. The Bertz CT molecular complexity index is 1570. The van der Waals surface area contributed by atoms with Gasteiger partial charge in [-0.25, -0.2) is 9.97 Å². The van der Waals surface area contributed by atoms with E-state index in [0.29, 0.717) is 0 Å². The number of amides is 1. The van der Waals surface area contributed by atoms with Gasteiger partial charge >= 0.3 is 0 Å². The Hall–Kier alpha value is -4.44. The maximum atomic E-state index is 13.7. The number of H-pyrrole nitrogens is 2. The van der Waals surface area contributed by atoms with Crippen LogP contribution in [0.3, 0.4) is 0 Å². The van der Waals surface area contributed by atoms with Crippen LogP contribution in [0.15, 0.2) is 65.9 Å². The third kappa shape index (κ3) is 6.55. The van der Waals surface area contributed by atoms with Gasteiger partial charge in [-0.1, -0.05) is 69.3 Å². The van der Waals surface area contributed by atoms with E-state index in [1.54, 1.807) is 0 Å². The van der Waals surface area contributed by atoms with Gasteiger partial charge in [0.1, 0.15) is 17.7 Å². The molecular weight excluding hydrogens is 550 g/mol. The zero-order chi connectivity index (χ0) is 30.5. The number of imidazole rings is 2. The first-order valence-electron chi connectivity index (χ1n) is 15.9. The highest BCUT2D eigenvalue weighted by Gasteiger charge is 2.37.